The molecule has 47 valence electrons. The zero-order valence-electron chi connectivity index (χ0n) is 5.30. The van der Waals surface area contributed by atoms with Gasteiger partial charge in [0.15, 0.2) is 0 Å². The van der Waals surface area contributed by atoms with Gasteiger partial charge in [0.2, 0.25) is 0 Å². The maximum absolute atomic E-state index is 4.24. The van der Waals surface area contributed by atoms with E-state index in [2.05, 4.69) is 16.5 Å². The van der Waals surface area contributed by atoms with E-state index in [0.717, 1.165) is 18.7 Å². The Balaban J connectivity index is 2.51. The van der Waals surface area contributed by atoms with Crippen molar-refractivity contribution in [1.82, 2.24) is 9.55 Å². The minimum Gasteiger partial charge on any atom is -0.335 e. The van der Waals surface area contributed by atoms with Crippen molar-refractivity contribution in [2.75, 3.05) is 0 Å². The molecule has 1 aliphatic rings. The molecule has 2 nitrogen and oxygen atoms in total. The molecule has 0 amide bonds. The molecule has 2 heteroatoms. The first kappa shape index (κ1) is 5.03. The van der Waals surface area contributed by atoms with Crippen LogP contribution in [-0.4, -0.2) is 9.55 Å². The van der Waals surface area contributed by atoms with E-state index < -0.39 is 0 Å². The lowest BCUT2D eigenvalue weighted by molar-refractivity contribution is 0.749. The van der Waals surface area contributed by atoms with Crippen LogP contribution < -0.4 is 0 Å². The van der Waals surface area contributed by atoms with Gasteiger partial charge >= 0.3 is 0 Å². The van der Waals surface area contributed by atoms with Crippen molar-refractivity contribution >= 4 is 0 Å². The number of hydrogen-bond acceptors (Lipinski definition) is 1. The Hall–Kier alpha value is -0.790. The number of hydrogen-bond donors (Lipinski definition) is 0. The van der Waals surface area contributed by atoms with Crippen LogP contribution in [0.4, 0.5) is 0 Å². The Bertz CT molecular complexity index is 203. The fraction of sp³-hybridized carbons (Fsp3) is 0.429. The fourth-order valence-corrected chi connectivity index (χ4v) is 1.31. The number of rotatable bonds is 0. The van der Waals surface area contributed by atoms with E-state index in [1.54, 1.807) is 0 Å². The lowest BCUT2D eigenvalue weighted by atomic mass is 10.4. The van der Waals surface area contributed by atoms with Crippen LogP contribution in [0.1, 0.15) is 17.9 Å². The van der Waals surface area contributed by atoms with Gasteiger partial charge < -0.3 is 4.57 Å². The zero-order valence-corrected chi connectivity index (χ0v) is 5.30. The van der Waals surface area contributed by atoms with Gasteiger partial charge in [-0.1, -0.05) is 0 Å². The highest BCUT2D eigenvalue weighted by Gasteiger charge is 2.10. The third-order valence-corrected chi connectivity index (χ3v) is 1.71. The average Bonchev–Trinajstić information content (AvgIpc) is 2.22. The second-order valence-corrected chi connectivity index (χ2v) is 2.45. The molecule has 2 rings (SSSR count). The van der Waals surface area contributed by atoms with Crippen LogP contribution in [0, 0.1) is 6.92 Å². The van der Waals surface area contributed by atoms with Gasteiger partial charge in [-0.2, -0.15) is 0 Å². The summed E-state index contributed by atoms with van der Waals surface area (Å²) in [5.41, 5.74) is 0.907. The van der Waals surface area contributed by atoms with Crippen LogP contribution in [0.15, 0.2) is 6.20 Å². The van der Waals surface area contributed by atoms with E-state index in [1.807, 2.05) is 6.20 Å². The lowest BCUT2D eigenvalue weighted by Gasteiger charge is -1.88. The minimum absolute atomic E-state index is 0.907. The van der Waals surface area contributed by atoms with Crippen molar-refractivity contribution in [1.29, 1.82) is 0 Å². The first-order chi connectivity index (χ1) is 4.36. The molecular formula is C7H9N2. The number of imidazole rings is 1. The normalized spacial score (nSPS) is 16.1. The first-order valence-electron chi connectivity index (χ1n) is 3.24. The molecule has 1 aromatic heterocycles. The molecule has 0 fully saturated rings. The maximum Gasteiger partial charge on any atom is 0.109 e. The Morgan fingerprint density at radius 1 is 1.67 bits per heavy atom. The Morgan fingerprint density at radius 3 is 3.33 bits per heavy atom. The van der Waals surface area contributed by atoms with Crippen LogP contribution in [0.3, 0.4) is 0 Å². The average molecular weight is 121 g/mol. The van der Waals surface area contributed by atoms with E-state index in [9.17, 15) is 0 Å². The molecule has 0 spiro atoms. The summed E-state index contributed by atoms with van der Waals surface area (Å²) in [6.07, 6.45) is 4.40. The predicted molar refractivity (Wildman–Crippen MR) is 35.0 cm³/mol. The molecule has 0 bridgehead atoms. The van der Waals surface area contributed by atoms with E-state index in [1.165, 1.54) is 12.2 Å². The number of fused-ring (bicyclic) bond motifs is 1. The summed E-state index contributed by atoms with van der Waals surface area (Å²) in [6.45, 7) is 4.89. The molecule has 2 heterocycles. The monoisotopic (exact) mass is 121 g/mol. The summed E-state index contributed by atoms with van der Waals surface area (Å²) in [7, 11) is 0. The van der Waals surface area contributed by atoms with Crippen molar-refractivity contribution in [2.45, 2.75) is 19.4 Å². The standard InChI is InChI=1S/C7H9N2/c1-6-5-9-4-2-3-7(9)8-6/h5H,1-4H2. The molecule has 0 N–H and O–H groups in total. The summed E-state index contributed by atoms with van der Waals surface area (Å²) in [5.74, 6) is 1.21. The molecule has 1 aromatic rings. The van der Waals surface area contributed by atoms with E-state index in [4.69, 9.17) is 0 Å². The van der Waals surface area contributed by atoms with Gasteiger partial charge in [-0.05, 0) is 13.3 Å². The zero-order chi connectivity index (χ0) is 6.27. The van der Waals surface area contributed by atoms with E-state index in [-0.39, 0.29) is 0 Å². The predicted octanol–water partition coefficient (Wildman–Crippen LogP) is 1.01. The van der Waals surface area contributed by atoms with Gasteiger partial charge in [-0.25, -0.2) is 4.98 Å². The molecule has 1 aliphatic heterocycles. The second kappa shape index (κ2) is 1.59. The minimum atomic E-state index is 0.907. The number of aryl methyl sites for hydroxylation is 2. The maximum atomic E-state index is 4.24. The van der Waals surface area contributed by atoms with Gasteiger partial charge in [0.25, 0.3) is 0 Å². The molecule has 0 saturated carbocycles. The molecule has 0 atom stereocenters. The van der Waals surface area contributed by atoms with Crippen LogP contribution in [0.2, 0.25) is 0 Å². The highest BCUT2D eigenvalue weighted by Crippen LogP contribution is 2.12. The molecule has 0 saturated heterocycles. The van der Waals surface area contributed by atoms with Crippen molar-refractivity contribution in [3.63, 3.8) is 0 Å². The Labute approximate surface area is 54.5 Å². The molecule has 0 aliphatic carbocycles. The molecule has 0 unspecified atom stereocenters. The quantitative estimate of drug-likeness (QED) is 0.501. The summed E-state index contributed by atoms with van der Waals surface area (Å²) in [6, 6.07) is 0. The van der Waals surface area contributed by atoms with E-state index >= 15 is 0 Å². The number of aromatic nitrogens is 2. The van der Waals surface area contributed by atoms with E-state index in [0.29, 0.717) is 0 Å². The van der Waals surface area contributed by atoms with Gasteiger partial charge in [-0.3, -0.25) is 0 Å². The third kappa shape index (κ3) is 0.661. The van der Waals surface area contributed by atoms with Gasteiger partial charge in [0.05, 0.1) is 5.69 Å². The summed E-state index contributed by atoms with van der Waals surface area (Å²) in [4.78, 5) is 4.24. The molecular weight excluding hydrogens is 112 g/mol. The van der Waals surface area contributed by atoms with Crippen LogP contribution in [0.5, 0.6) is 0 Å². The molecule has 0 aromatic carbocycles. The molecule has 9 heavy (non-hydrogen) atoms. The van der Waals surface area contributed by atoms with Gasteiger partial charge in [0.1, 0.15) is 5.82 Å². The highest BCUT2D eigenvalue weighted by molar-refractivity contribution is 5.09. The lowest BCUT2D eigenvalue weighted by Crippen LogP contribution is -1.87. The van der Waals surface area contributed by atoms with Crippen LogP contribution >= 0.6 is 0 Å². The van der Waals surface area contributed by atoms with Crippen LogP contribution in [0.25, 0.3) is 0 Å². The first-order valence-corrected chi connectivity index (χ1v) is 3.24. The summed E-state index contributed by atoms with van der Waals surface area (Å²) >= 11 is 0. The Morgan fingerprint density at radius 2 is 2.56 bits per heavy atom. The van der Waals surface area contributed by atoms with Crippen molar-refractivity contribution in [3.05, 3.63) is 24.6 Å². The second-order valence-electron chi connectivity index (χ2n) is 2.45. The highest BCUT2D eigenvalue weighted by atomic mass is 15.1. The Kier molecular flexibility index (Phi) is 0.891. The van der Waals surface area contributed by atoms with Crippen molar-refractivity contribution < 1.29 is 0 Å². The SMILES string of the molecule is [CH2]c1cn2c(n1)CCC2. The van der Waals surface area contributed by atoms with Crippen molar-refractivity contribution in [3.8, 4) is 0 Å². The summed E-state index contributed by atoms with van der Waals surface area (Å²) in [5, 5.41) is 0. The smallest absolute Gasteiger partial charge is 0.109 e. The van der Waals surface area contributed by atoms with Crippen LogP contribution in [-0.2, 0) is 13.0 Å². The largest absolute Gasteiger partial charge is 0.335 e. The number of nitrogens with zero attached hydrogens (tertiary/aromatic N) is 2. The van der Waals surface area contributed by atoms with Crippen molar-refractivity contribution in [2.24, 2.45) is 0 Å². The summed E-state index contributed by atoms with van der Waals surface area (Å²) < 4.78 is 2.18. The topological polar surface area (TPSA) is 17.8 Å². The third-order valence-electron chi connectivity index (χ3n) is 1.71. The molecule has 1 radical (unpaired) electrons. The fourth-order valence-electron chi connectivity index (χ4n) is 1.31. The van der Waals surface area contributed by atoms with Gasteiger partial charge in [-0.15, -0.1) is 0 Å². The van der Waals surface area contributed by atoms with Gasteiger partial charge in [0, 0.05) is 19.2 Å².